The topological polar surface area (TPSA) is 26.3 Å². The first-order valence-electron chi connectivity index (χ1n) is 4.93. The second-order valence-corrected chi connectivity index (χ2v) is 4.64. The van der Waals surface area contributed by atoms with Crippen LogP contribution in [0, 0.1) is 5.92 Å². The van der Waals surface area contributed by atoms with Crippen LogP contribution in [0.1, 0.15) is 13.8 Å². The van der Waals surface area contributed by atoms with Gasteiger partial charge in [0.25, 0.3) is 0 Å². The van der Waals surface area contributed by atoms with Gasteiger partial charge in [0.1, 0.15) is 11.5 Å². The van der Waals surface area contributed by atoms with Gasteiger partial charge in [0.2, 0.25) is 0 Å². The summed E-state index contributed by atoms with van der Waals surface area (Å²) in [5.74, 6) is 1.76. The summed E-state index contributed by atoms with van der Waals surface area (Å²) in [7, 11) is 1.64. The molecule has 0 atom stereocenters. The molecule has 0 heterocycles. The Labute approximate surface area is 95.0 Å². The maximum Gasteiger partial charge on any atom is 0.145 e. The predicted molar refractivity (Wildman–Crippen MR) is 63.6 cm³/mol. The summed E-state index contributed by atoms with van der Waals surface area (Å²) >= 11 is 1.56. The van der Waals surface area contributed by atoms with Crippen LogP contribution in [0.2, 0.25) is 0 Å². The molecular formula is C12H16O2S. The third-order valence-corrected chi connectivity index (χ3v) is 3.08. The van der Waals surface area contributed by atoms with Crippen molar-refractivity contribution in [3.05, 3.63) is 24.3 Å². The van der Waals surface area contributed by atoms with Crippen LogP contribution < -0.4 is 4.74 Å². The van der Waals surface area contributed by atoms with E-state index in [9.17, 15) is 4.79 Å². The van der Waals surface area contributed by atoms with Gasteiger partial charge < -0.3 is 4.74 Å². The molecule has 0 saturated carbocycles. The van der Waals surface area contributed by atoms with Crippen molar-refractivity contribution in [2.45, 2.75) is 18.7 Å². The quantitative estimate of drug-likeness (QED) is 0.719. The molecule has 1 aromatic rings. The molecule has 0 unspecified atom stereocenters. The van der Waals surface area contributed by atoms with Crippen molar-refractivity contribution in [2.24, 2.45) is 5.92 Å². The van der Waals surface area contributed by atoms with Crippen LogP contribution in [0.3, 0.4) is 0 Å². The maximum absolute atomic E-state index is 11.4. The fraction of sp³-hybridized carbons (Fsp3) is 0.417. The summed E-state index contributed by atoms with van der Waals surface area (Å²) in [5.41, 5.74) is 0. The SMILES string of the molecule is COc1cccc(SCC(=O)C(C)C)c1. The summed E-state index contributed by atoms with van der Waals surface area (Å²) in [6.45, 7) is 3.85. The van der Waals surface area contributed by atoms with Gasteiger partial charge in [-0.2, -0.15) is 0 Å². The van der Waals surface area contributed by atoms with Crippen LogP contribution in [-0.2, 0) is 4.79 Å². The normalized spacial score (nSPS) is 10.4. The number of hydrogen-bond acceptors (Lipinski definition) is 3. The molecule has 82 valence electrons. The lowest BCUT2D eigenvalue weighted by atomic mass is 10.1. The minimum Gasteiger partial charge on any atom is -0.497 e. The molecule has 0 aliphatic heterocycles. The zero-order valence-corrected chi connectivity index (χ0v) is 10.1. The first-order chi connectivity index (χ1) is 7.13. The number of ketones is 1. The lowest BCUT2D eigenvalue weighted by Gasteiger charge is -2.05. The molecule has 1 rings (SSSR count). The number of rotatable bonds is 5. The number of carbonyl (C=O) groups is 1. The van der Waals surface area contributed by atoms with Gasteiger partial charge in [-0.05, 0) is 18.2 Å². The lowest BCUT2D eigenvalue weighted by molar-refractivity contribution is -0.119. The molecule has 0 amide bonds. The third kappa shape index (κ3) is 3.96. The van der Waals surface area contributed by atoms with Gasteiger partial charge >= 0.3 is 0 Å². The van der Waals surface area contributed by atoms with E-state index in [-0.39, 0.29) is 11.7 Å². The molecule has 0 radical (unpaired) electrons. The lowest BCUT2D eigenvalue weighted by Crippen LogP contribution is -2.09. The Balaban J connectivity index is 2.54. The summed E-state index contributed by atoms with van der Waals surface area (Å²) in [6, 6.07) is 7.76. The van der Waals surface area contributed by atoms with E-state index in [2.05, 4.69) is 0 Å². The van der Waals surface area contributed by atoms with Gasteiger partial charge in [0.05, 0.1) is 12.9 Å². The summed E-state index contributed by atoms with van der Waals surface area (Å²) < 4.78 is 5.11. The molecule has 1 aromatic carbocycles. The molecule has 0 N–H and O–H groups in total. The van der Waals surface area contributed by atoms with Gasteiger partial charge in [0.15, 0.2) is 0 Å². The van der Waals surface area contributed by atoms with Crippen molar-refractivity contribution in [1.29, 1.82) is 0 Å². The Morgan fingerprint density at radius 2 is 2.20 bits per heavy atom. The Morgan fingerprint density at radius 3 is 2.80 bits per heavy atom. The standard InChI is InChI=1S/C12H16O2S/c1-9(2)12(13)8-15-11-6-4-5-10(7-11)14-3/h4-7,9H,8H2,1-3H3. The van der Waals surface area contributed by atoms with Crippen LogP contribution in [0.25, 0.3) is 0 Å². The van der Waals surface area contributed by atoms with Crippen molar-refractivity contribution in [3.8, 4) is 5.75 Å². The van der Waals surface area contributed by atoms with Crippen molar-refractivity contribution >= 4 is 17.5 Å². The Morgan fingerprint density at radius 1 is 1.47 bits per heavy atom. The van der Waals surface area contributed by atoms with Crippen LogP contribution >= 0.6 is 11.8 Å². The van der Waals surface area contributed by atoms with Crippen molar-refractivity contribution in [3.63, 3.8) is 0 Å². The van der Waals surface area contributed by atoms with Crippen molar-refractivity contribution < 1.29 is 9.53 Å². The molecule has 15 heavy (non-hydrogen) atoms. The molecule has 0 aliphatic rings. The fourth-order valence-electron chi connectivity index (χ4n) is 1.01. The highest BCUT2D eigenvalue weighted by Crippen LogP contribution is 2.23. The highest BCUT2D eigenvalue weighted by atomic mass is 32.2. The Kier molecular flexibility index (Phi) is 4.69. The molecule has 3 heteroatoms. The number of methoxy groups -OCH3 is 1. The number of Topliss-reactive ketones (excluding diaryl/α,β-unsaturated/α-hetero) is 1. The summed E-state index contributed by atoms with van der Waals surface area (Å²) in [4.78, 5) is 12.5. The smallest absolute Gasteiger partial charge is 0.145 e. The highest BCUT2D eigenvalue weighted by molar-refractivity contribution is 8.00. The predicted octanol–water partition coefficient (Wildman–Crippen LogP) is 3.01. The fourth-order valence-corrected chi connectivity index (χ4v) is 2.03. The molecular weight excluding hydrogens is 208 g/mol. The zero-order valence-electron chi connectivity index (χ0n) is 9.32. The first kappa shape index (κ1) is 12.1. The highest BCUT2D eigenvalue weighted by Gasteiger charge is 2.07. The molecule has 0 spiro atoms. The van der Waals surface area contributed by atoms with Gasteiger partial charge in [-0.25, -0.2) is 0 Å². The monoisotopic (exact) mass is 224 g/mol. The van der Waals surface area contributed by atoms with Gasteiger partial charge in [-0.1, -0.05) is 19.9 Å². The molecule has 0 fully saturated rings. The number of carbonyl (C=O) groups excluding carboxylic acids is 1. The number of ether oxygens (including phenoxy) is 1. The molecule has 0 aliphatic carbocycles. The molecule has 0 aromatic heterocycles. The molecule has 2 nitrogen and oxygen atoms in total. The molecule has 0 bridgehead atoms. The van der Waals surface area contributed by atoms with Crippen LogP contribution in [0.5, 0.6) is 5.75 Å². The van der Waals surface area contributed by atoms with Gasteiger partial charge in [0, 0.05) is 10.8 Å². The molecule has 0 saturated heterocycles. The zero-order chi connectivity index (χ0) is 11.3. The van der Waals surface area contributed by atoms with E-state index < -0.39 is 0 Å². The van der Waals surface area contributed by atoms with E-state index >= 15 is 0 Å². The van der Waals surface area contributed by atoms with E-state index in [1.165, 1.54) is 0 Å². The van der Waals surface area contributed by atoms with Crippen LogP contribution in [0.4, 0.5) is 0 Å². The first-order valence-corrected chi connectivity index (χ1v) is 5.91. The van der Waals surface area contributed by atoms with E-state index in [0.29, 0.717) is 5.75 Å². The maximum atomic E-state index is 11.4. The van der Waals surface area contributed by atoms with Gasteiger partial charge in [-0.15, -0.1) is 11.8 Å². The van der Waals surface area contributed by atoms with Crippen LogP contribution in [0.15, 0.2) is 29.2 Å². The third-order valence-electron chi connectivity index (χ3n) is 2.07. The Hall–Kier alpha value is -0.960. The second-order valence-electron chi connectivity index (χ2n) is 3.59. The van der Waals surface area contributed by atoms with E-state index in [1.54, 1.807) is 18.9 Å². The number of hydrogen-bond donors (Lipinski definition) is 0. The van der Waals surface area contributed by atoms with Crippen molar-refractivity contribution in [2.75, 3.05) is 12.9 Å². The van der Waals surface area contributed by atoms with Crippen LogP contribution in [-0.4, -0.2) is 18.6 Å². The minimum atomic E-state index is 0.114. The van der Waals surface area contributed by atoms with E-state index in [4.69, 9.17) is 4.74 Å². The number of benzene rings is 1. The Bertz CT molecular complexity index is 334. The van der Waals surface area contributed by atoms with Crippen molar-refractivity contribution in [1.82, 2.24) is 0 Å². The summed E-state index contributed by atoms with van der Waals surface area (Å²) in [5, 5.41) is 0. The minimum absolute atomic E-state index is 0.114. The largest absolute Gasteiger partial charge is 0.497 e. The second kappa shape index (κ2) is 5.81. The van der Waals surface area contributed by atoms with E-state index in [1.807, 2.05) is 38.1 Å². The van der Waals surface area contributed by atoms with E-state index in [0.717, 1.165) is 10.6 Å². The average Bonchev–Trinajstić information content (AvgIpc) is 2.26. The number of thioether (sulfide) groups is 1. The summed E-state index contributed by atoms with van der Waals surface area (Å²) in [6.07, 6.45) is 0. The average molecular weight is 224 g/mol. The van der Waals surface area contributed by atoms with Gasteiger partial charge in [-0.3, -0.25) is 4.79 Å².